The third kappa shape index (κ3) is 3.45. The molecule has 1 aromatic carbocycles. The van der Waals surface area contributed by atoms with Gasteiger partial charge < -0.3 is 10.4 Å². The monoisotopic (exact) mass is 313 g/mol. The molecule has 1 aliphatic carbocycles. The van der Waals surface area contributed by atoms with E-state index >= 15 is 0 Å². The second-order valence-electron chi connectivity index (χ2n) is 6.47. The van der Waals surface area contributed by atoms with E-state index < -0.39 is 6.10 Å². The van der Waals surface area contributed by atoms with Gasteiger partial charge in [0.2, 0.25) is 5.91 Å². The summed E-state index contributed by atoms with van der Waals surface area (Å²) < 4.78 is 1.64. The minimum Gasteiger partial charge on any atom is -0.386 e. The van der Waals surface area contributed by atoms with E-state index in [-0.39, 0.29) is 17.9 Å². The fraction of sp³-hybridized carbons (Fsp3) is 0.444. The summed E-state index contributed by atoms with van der Waals surface area (Å²) in [7, 11) is 1.80. The number of carbonyl (C=O) groups is 1. The van der Waals surface area contributed by atoms with Crippen molar-refractivity contribution >= 4 is 5.91 Å². The number of rotatable bonds is 6. The lowest BCUT2D eigenvalue weighted by atomic mass is 9.64. The van der Waals surface area contributed by atoms with Crippen LogP contribution in [0.2, 0.25) is 0 Å². The number of hydrogen-bond donors (Lipinski definition) is 2. The molecule has 23 heavy (non-hydrogen) atoms. The van der Waals surface area contributed by atoms with Gasteiger partial charge in [0.1, 0.15) is 0 Å². The summed E-state index contributed by atoms with van der Waals surface area (Å²) >= 11 is 0. The van der Waals surface area contributed by atoms with Crippen LogP contribution in [0.25, 0.3) is 0 Å². The molecule has 1 atom stereocenters. The average Bonchev–Trinajstić information content (AvgIpc) is 2.96. The van der Waals surface area contributed by atoms with Crippen molar-refractivity contribution in [3.63, 3.8) is 0 Å². The van der Waals surface area contributed by atoms with Crippen LogP contribution in [0, 0.1) is 5.41 Å². The zero-order valence-corrected chi connectivity index (χ0v) is 13.4. The van der Waals surface area contributed by atoms with E-state index in [1.807, 2.05) is 18.2 Å². The molecule has 0 radical (unpaired) electrons. The number of nitrogens with zero attached hydrogens (tertiary/aromatic N) is 2. The molecule has 2 N–H and O–H groups in total. The first-order valence-corrected chi connectivity index (χ1v) is 8.08. The molecule has 5 heteroatoms. The molecule has 1 heterocycles. The Kier molecular flexibility index (Phi) is 4.48. The van der Waals surface area contributed by atoms with Crippen molar-refractivity contribution in [1.29, 1.82) is 0 Å². The SMILES string of the molecule is Cn1cc(C(O)CNC(=O)C2(Cc3ccccc3)CCC2)cn1. The lowest BCUT2D eigenvalue weighted by Crippen LogP contribution is -2.48. The van der Waals surface area contributed by atoms with Crippen molar-refractivity contribution in [3.8, 4) is 0 Å². The van der Waals surface area contributed by atoms with Crippen LogP contribution in [-0.2, 0) is 18.3 Å². The highest BCUT2D eigenvalue weighted by Gasteiger charge is 2.43. The van der Waals surface area contributed by atoms with Crippen molar-refractivity contribution in [2.45, 2.75) is 31.8 Å². The first-order valence-electron chi connectivity index (χ1n) is 8.08. The first-order chi connectivity index (χ1) is 11.1. The quantitative estimate of drug-likeness (QED) is 0.857. The molecule has 1 aromatic heterocycles. The molecule has 0 aliphatic heterocycles. The fourth-order valence-corrected chi connectivity index (χ4v) is 3.18. The van der Waals surface area contributed by atoms with Gasteiger partial charge in [-0.3, -0.25) is 9.48 Å². The van der Waals surface area contributed by atoms with Crippen LogP contribution >= 0.6 is 0 Å². The second-order valence-corrected chi connectivity index (χ2v) is 6.47. The number of aliphatic hydroxyl groups is 1. The van der Waals surface area contributed by atoms with Crippen molar-refractivity contribution in [2.24, 2.45) is 12.5 Å². The number of amides is 1. The predicted octanol–water partition coefficient (Wildman–Crippen LogP) is 1.98. The minimum absolute atomic E-state index is 0.0514. The molecule has 5 nitrogen and oxygen atoms in total. The van der Waals surface area contributed by atoms with E-state index in [0.717, 1.165) is 31.2 Å². The largest absolute Gasteiger partial charge is 0.386 e. The maximum Gasteiger partial charge on any atom is 0.226 e. The summed E-state index contributed by atoms with van der Waals surface area (Å²) in [6, 6.07) is 10.1. The third-order valence-corrected chi connectivity index (χ3v) is 4.74. The van der Waals surface area contributed by atoms with Crippen LogP contribution in [0.15, 0.2) is 42.7 Å². The fourth-order valence-electron chi connectivity index (χ4n) is 3.18. The van der Waals surface area contributed by atoms with Gasteiger partial charge in [-0.25, -0.2) is 0 Å². The molecule has 1 saturated carbocycles. The lowest BCUT2D eigenvalue weighted by molar-refractivity contribution is -0.136. The summed E-state index contributed by atoms with van der Waals surface area (Å²) in [5.74, 6) is 0.0514. The normalized spacial score (nSPS) is 17.3. The molecule has 2 aromatic rings. The number of benzene rings is 1. The molecular weight excluding hydrogens is 290 g/mol. The molecule has 1 fully saturated rings. The third-order valence-electron chi connectivity index (χ3n) is 4.74. The standard InChI is InChI=1S/C18H23N3O2/c1-21-13-15(11-20-21)16(22)12-19-17(23)18(8-5-9-18)10-14-6-3-2-4-7-14/h2-4,6-7,11,13,16,22H,5,8-10,12H2,1H3,(H,19,23). The number of hydrogen-bond acceptors (Lipinski definition) is 3. The predicted molar refractivity (Wildman–Crippen MR) is 87.6 cm³/mol. The summed E-state index contributed by atoms with van der Waals surface area (Å²) in [4.78, 5) is 12.6. The van der Waals surface area contributed by atoms with Crippen molar-refractivity contribution in [3.05, 3.63) is 53.9 Å². The Hall–Kier alpha value is -2.14. The first kappa shape index (κ1) is 15.7. The van der Waals surface area contributed by atoms with E-state index in [2.05, 4.69) is 22.5 Å². The molecule has 122 valence electrons. The van der Waals surface area contributed by atoms with Gasteiger partial charge in [0.25, 0.3) is 0 Å². The lowest BCUT2D eigenvalue weighted by Gasteiger charge is -2.40. The second kappa shape index (κ2) is 6.54. The van der Waals surface area contributed by atoms with Gasteiger partial charge in [-0.05, 0) is 24.8 Å². The zero-order valence-electron chi connectivity index (χ0n) is 13.4. The molecule has 0 saturated heterocycles. The highest BCUT2D eigenvalue weighted by molar-refractivity contribution is 5.83. The average molecular weight is 313 g/mol. The highest BCUT2D eigenvalue weighted by Crippen LogP contribution is 2.44. The van der Waals surface area contributed by atoms with E-state index in [4.69, 9.17) is 0 Å². The number of nitrogens with one attached hydrogen (secondary N) is 1. The Morgan fingerprint density at radius 3 is 2.70 bits per heavy atom. The number of aryl methyl sites for hydroxylation is 1. The molecular formula is C18H23N3O2. The smallest absolute Gasteiger partial charge is 0.226 e. The van der Waals surface area contributed by atoms with Gasteiger partial charge in [-0.2, -0.15) is 5.10 Å². The van der Waals surface area contributed by atoms with Crippen molar-refractivity contribution in [1.82, 2.24) is 15.1 Å². The van der Waals surface area contributed by atoms with Gasteiger partial charge >= 0.3 is 0 Å². The molecule has 0 spiro atoms. The summed E-state index contributed by atoms with van der Waals surface area (Å²) in [6.45, 7) is 0.223. The number of carbonyl (C=O) groups excluding carboxylic acids is 1. The van der Waals surface area contributed by atoms with E-state index in [1.165, 1.54) is 5.56 Å². The maximum absolute atomic E-state index is 12.6. The Morgan fingerprint density at radius 2 is 2.13 bits per heavy atom. The Labute approximate surface area is 136 Å². The Bertz CT molecular complexity index is 662. The molecule has 3 rings (SSSR count). The van der Waals surface area contributed by atoms with E-state index in [9.17, 15) is 9.90 Å². The molecule has 1 amide bonds. The van der Waals surface area contributed by atoms with E-state index in [1.54, 1.807) is 24.1 Å². The van der Waals surface area contributed by atoms with Crippen molar-refractivity contribution in [2.75, 3.05) is 6.54 Å². The molecule has 1 unspecified atom stereocenters. The Morgan fingerprint density at radius 1 is 1.39 bits per heavy atom. The van der Waals surface area contributed by atoms with Crippen LogP contribution in [-0.4, -0.2) is 27.3 Å². The molecule has 1 aliphatic rings. The Balaban J connectivity index is 1.59. The number of aromatic nitrogens is 2. The summed E-state index contributed by atoms with van der Waals surface area (Å²) in [6.07, 6.45) is 6.35. The van der Waals surface area contributed by atoms with Gasteiger partial charge in [0, 0.05) is 25.4 Å². The molecule has 0 bridgehead atoms. The van der Waals surface area contributed by atoms with Crippen LogP contribution in [0.3, 0.4) is 0 Å². The van der Waals surface area contributed by atoms with Gasteiger partial charge in [0.05, 0.1) is 17.7 Å². The van der Waals surface area contributed by atoms with Gasteiger partial charge in [0.15, 0.2) is 0 Å². The van der Waals surface area contributed by atoms with Gasteiger partial charge in [-0.1, -0.05) is 36.8 Å². The minimum atomic E-state index is -0.721. The van der Waals surface area contributed by atoms with Crippen LogP contribution in [0.4, 0.5) is 0 Å². The van der Waals surface area contributed by atoms with Crippen LogP contribution < -0.4 is 5.32 Å². The maximum atomic E-state index is 12.6. The number of aliphatic hydroxyl groups excluding tert-OH is 1. The summed E-state index contributed by atoms with van der Waals surface area (Å²) in [5, 5.41) is 17.1. The summed E-state index contributed by atoms with van der Waals surface area (Å²) in [5.41, 5.74) is 1.60. The van der Waals surface area contributed by atoms with Gasteiger partial charge in [-0.15, -0.1) is 0 Å². The van der Waals surface area contributed by atoms with Crippen LogP contribution in [0.1, 0.15) is 36.5 Å². The topological polar surface area (TPSA) is 67.2 Å². The zero-order chi connectivity index (χ0) is 16.3. The highest BCUT2D eigenvalue weighted by atomic mass is 16.3. The van der Waals surface area contributed by atoms with Crippen molar-refractivity contribution < 1.29 is 9.90 Å². The van der Waals surface area contributed by atoms with E-state index in [0.29, 0.717) is 0 Å². The van der Waals surface area contributed by atoms with Crippen LogP contribution in [0.5, 0.6) is 0 Å².